The summed E-state index contributed by atoms with van der Waals surface area (Å²) in [5, 5.41) is 11.7. The van der Waals surface area contributed by atoms with Crippen molar-refractivity contribution in [3.63, 3.8) is 0 Å². The zero-order chi connectivity index (χ0) is 18.9. The molecule has 0 unspecified atom stereocenters. The van der Waals surface area contributed by atoms with Crippen molar-refractivity contribution in [2.45, 2.75) is 57.6 Å². The third-order valence-corrected chi connectivity index (χ3v) is 5.53. The van der Waals surface area contributed by atoms with Crippen molar-refractivity contribution >= 4 is 34.3 Å². The van der Waals surface area contributed by atoms with Gasteiger partial charge in [0, 0.05) is 29.8 Å². The van der Waals surface area contributed by atoms with Gasteiger partial charge in [0.2, 0.25) is 5.91 Å². The SMILES string of the molecule is C[C@@H]1CCC[C@](O)(CCC(=O)c2cn(CC(N)=O)c3nccc(Cl)c23)C1. The maximum atomic E-state index is 12.8. The molecule has 1 aliphatic rings. The summed E-state index contributed by atoms with van der Waals surface area (Å²) in [5.74, 6) is -0.159. The van der Waals surface area contributed by atoms with E-state index in [1.807, 2.05) is 0 Å². The molecule has 1 amide bonds. The normalized spacial score (nSPS) is 23.3. The van der Waals surface area contributed by atoms with E-state index in [0.717, 1.165) is 25.7 Å². The van der Waals surface area contributed by atoms with Crippen LogP contribution < -0.4 is 5.73 Å². The van der Waals surface area contributed by atoms with Crippen LogP contribution in [0, 0.1) is 5.92 Å². The molecule has 0 aromatic carbocycles. The molecule has 0 spiro atoms. The smallest absolute Gasteiger partial charge is 0.237 e. The lowest BCUT2D eigenvalue weighted by atomic mass is 9.76. The maximum absolute atomic E-state index is 12.8. The maximum Gasteiger partial charge on any atom is 0.237 e. The number of hydrogen-bond acceptors (Lipinski definition) is 4. The van der Waals surface area contributed by atoms with Gasteiger partial charge in [-0.15, -0.1) is 0 Å². The molecule has 0 radical (unpaired) electrons. The molecule has 2 heterocycles. The van der Waals surface area contributed by atoms with Crippen LogP contribution in [-0.2, 0) is 11.3 Å². The Balaban J connectivity index is 1.85. The van der Waals surface area contributed by atoms with Gasteiger partial charge in [-0.3, -0.25) is 9.59 Å². The highest BCUT2D eigenvalue weighted by molar-refractivity contribution is 6.36. The number of carbonyl (C=O) groups excluding carboxylic acids is 2. The molecule has 0 saturated heterocycles. The van der Waals surface area contributed by atoms with Crippen LogP contribution in [0.1, 0.15) is 55.8 Å². The van der Waals surface area contributed by atoms with E-state index in [1.54, 1.807) is 16.8 Å². The fraction of sp³-hybridized carbons (Fsp3) is 0.526. The largest absolute Gasteiger partial charge is 0.390 e. The predicted octanol–water partition coefficient (Wildman–Crippen LogP) is 3.08. The summed E-state index contributed by atoms with van der Waals surface area (Å²) < 4.78 is 1.55. The molecule has 1 aliphatic carbocycles. The monoisotopic (exact) mass is 377 g/mol. The highest BCUT2D eigenvalue weighted by atomic mass is 35.5. The van der Waals surface area contributed by atoms with Crippen molar-refractivity contribution in [2.75, 3.05) is 0 Å². The number of rotatable bonds is 6. The summed E-state index contributed by atoms with van der Waals surface area (Å²) in [6.07, 6.45) is 7.34. The van der Waals surface area contributed by atoms with Gasteiger partial charge in [0.05, 0.1) is 10.6 Å². The Labute approximate surface area is 157 Å². The van der Waals surface area contributed by atoms with Crippen LogP contribution in [0.2, 0.25) is 5.02 Å². The Hall–Kier alpha value is -1.92. The van der Waals surface area contributed by atoms with E-state index in [1.165, 1.54) is 6.20 Å². The van der Waals surface area contributed by atoms with Gasteiger partial charge in [-0.1, -0.05) is 31.4 Å². The van der Waals surface area contributed by atoms with Gasteiger partial charge in [-0.2, -0.15) is 0 Å². The number of halogens is 1. The van der Waals surface area contributed by atoms with E-state index in [9.17, 15) is 14.7 Å². The Morgan fingerprint density at radius 3 is 2.96 bits per heavy atom. The molecule has 2 atom stereocenters. The van der Waals surface area contributed by atoms with Crippen molar-refractivity contribution in [3.8, 4) is 0 Å². The molecular weight excluding hydrogens is 354 g/mol. The quantitative estimate of drug-likeness (QED) is 0.755. The topological polar surface area (TPSA) is 98.2 Å². The van der Waals surface area contributed by atoms with Gasteiger partial charge in [0.25, 0.3) is 0 Å². The molecule has 1 fully saturated rings. The van der Waals surface area contributed by atoms with Crippen LogP contribution in [0.15, 0.2) is 18.5 Å². The number of aromatic nitrogens is 2. The fourth-order valence-corrected chi connectivity index (χ4v) is 4.26. The first kappa shape index (κ1) is 18.9. The van der Waals surface area contributed by atoms with Crippen LogP contribution in [0.4, 0.5) is 0 Å². The number of hydrogen-bond donors (Lipinski definition) is 2. The highest BCUT2D eigenvalue weighted by Crippen LogP contribution is 2.36. The number of primary amides is 1. The van der Waals surface area contributed by atoms with Crippen molar-refractivity contribution in [2.24, 2.45) is 11.7 Å². The van der Waals surface area contributed by atoms with E-state index in [4.69, 9.17) is 17.3 Å². The van der Waals surface area contributed by atoms with Crippen LogP contribution in [0.5, 0.6) is 0 Å². The first-order valence-electron chi connectivity index (χ1n) is 8.96. The lowest BCUT2D eigenvalue weighted by Crippen LogP contribution is -2.35. The summed E-state index contributed by atoms with van der Waals surface area (Å²) >= 11 is 6.28. The van der Waals surface area contributed by atoms with E-state index < -0.39 is 11.5 Å². The van der Waals surface area contributed by atoms with Crippen molar-refractivity contribution < 1.29 is 14.7 Å². The second-order valence-electron chi connectivity index (χ2n) is 7.48. The summed E-state index contributed by atoms with van der Waals surface area (Å²) in [4.78, 5) is 28.4. The van der Waals surface area contributed by atoms with Crippen LogP contribution >= 0.6 is 11.6 Å². The lowest BCUT2D eigenvalue weighted by molar-refractivity contribution is -0.118. The minimum absolute atomic E-state index is 0.0709. The Kier molecular flexibility index (Phi) is 5.34. The van der Waals surface area contributed by atoms with E-state index in [-0.39, 0.29) is 18.7 Å². The lowest BCUT2D eigenvalue weighted by Gasteiger charge is -2.35. The van der Waals surface area contributed by atoms with Gasteiger partial charge in [0.1, 0.15) is 12.2 Å². The molecule has 6 nitrogen and oxygen atoms in total. The number of nitrogens with zero attached hydrogens (tertiary/aromatic N) is 2. The molecule has 26 heavy (non-hydrogen) atoms. The number of ketones is 1. The number of fused-ring (bicyclic) bond motifs is 1. The van der Waals surface area contributed by atoms with Crippen molar-refractivity contribution in [1.82, 2.24) is 9.55 Å². The average Bonchev–Trinajstić information content (AvgIpc) is 2.92. The number of pyridine rings is 1. The number of amides is 1. The first-order valence-corrected chi connectivity index (χ1v) is 9.34. The number of aliphatic hydroxyl groups is 1. The van der Waals surface area contributed by atoms with Crippen LogP contribution in [0.25, 0.3) is 11.0 Å². The van der Waals surface area contributed by atoms with Gasteiger partial charge >= 0.3 is 0 Å². The zero-order valence-electron chi connectivity index (χ0n) is 14.9. The molecule has 2 aromatic heterocycles. The molecule has 0 aliphatic heterocycles. The summed E-state index contributed by atoms with van der Waals surface area (Å²) in [7, 11) is 0. The molecule has 7 heteroatoms. The minimum atomic E-state index is -0.777. The first-order chi connectivity index (χ1) is 12.3. The standard InChI is InChI=1S/C19H24ClN3O3/c1-12-3-2-6-19(26,9-12)7-4-15(24)13-10-23(11-16(21)25)18-17(13)14(20)5-8-22-18/h5,8,10,12,26H,2-4,6-7,9,11H2,1H3,(H2,21,25)/t12-,19+/m1/s1. The molecule has 1 saturated carbocycles. The zero-order valence-corrected chi connectivity index (χ0v) is 15.6. The summed E-state index contributed by atoms with van der Waals surface area (Å²) in [5.41, 5.74) is 5.40. The molecule has 2 aromatic rings. The Morgan fingerprint density at radius 2 is 2.27 bits per heavy atom. The van der Waals surface area contributed by atoms with Crippen LogP contribution in [0.3, 0.4) is 0 Å². The number of nitrogens with two attached hydrogens (primary N) is 1. The van der Waals surface area contributed by atoms with Gasteiger partial charge in [0.15, 0.2) is 5.78 Å². The molecular formula is C19H24ClN3O3. The average molecular weight is 378 g/mol. The number of Topliss-reactive ketones (excluding diaryl/α,β-unsaturated/α-hetero) is 1. The molecule has 3 rings (SSSR count). The van der Waals surface area contributed by atoms with E-state index in [0.29, 0.717) is 34.0 Å². The fourth-order valence-electron chi connectivity index (χ4n) is 4.02. The van der Waals surface area contributed by atoms with E-state index in [2.05, 4.69) is 11.9 Å². The van der Waals surface area contributed by atoms with E-state index >= 15 is 0 Å². The molecule has 140 valence electrons. The van der Waals surface area contributed by atoms with Crippen molar-refractivity contribution in [1.29, 1.82) is 0 Å². The third-order valence-electron chi connectivity index (χ3n) is 5.22. The highest BCUT2D eigenvalue weighted by Gasteiger charge is 2.33. The third kappa shape index (κ3) is 3.91. The minimum Gasteiger partial charge on any atom is -0.390 e. The van der Waals surface area contributed by atoms with Crippen molar-refractivity contribution in [3.05, 3.63) is 29.0 Å². The van der Waals surface area contributed by atoms with Gasteiger partial charge < -0.3 is 15.4 Å². The summed E-state index contributed by atoms with van der Waals surface area (Å²) in [6, 6.07) is 1.62. The van der Waals surface area contributed by atoms with Gasteiger partial charge in [-0.05, 0) is 31.2 Å². The van der Waals surface area contributed by atoms with Gasteiger partial charge in [-0.25, -0.2) is 4.98 Å². The van der Waals surface area contributed by atoms with Crippen LogP contribution in [-0.4, -0.2) is 31.9 Å². The second kappa shape index (κ2) is 7.37. The Morgan fingerprint density at radius 1 is 1.50 bits per heavy atom. The Bertz CT molecular complexity index is 848. The summed E-state index contributed by atoms with van der Waals surface area (Å²) in [6.45, 7) is 2.06. The number of carbonyl (C=O) groups is 2. The predicted molar refractivity (Wildman–Crippen MR) is 100 cm³/mol. The second-order valence-corrected chi connectivity index (χ2v) is 7.88. The molecule has 0 bridgehead atoms. The molecule has 3 N–H and O–H groups in total.